The van der Waals surface area contributed by atoms with Crippen LogP contribution in [-0.4, -0.2) is 23.3 Å². The molecule has 0 aliphatic heterocycles. The molecule has 2 aromatic heterocycles. The molecule has 0 atom stereocenters. The lowest BCUT2D eigenvalue weighted by molar-refractivity contribution is -0.115. The molecule has 0 saturated carbocycles. The number of oxazole rings is 1. The summed E-state index contributed by atoms with van der Waals surface area (Å²) >= 11 is 1.54. The lowest BCUT2D eigenvalue weighted by Crippen LogP contribution is -2.23. The molecule has 0 unspecified atom stereocenters. The van der Waals surface area contributed by atoms with E-state index in [1.807, 2.05) is 37.4 Å². The van der Waals surface area contributed by atoms with E-state index in [1.54, 1.807) is 19.1 Å². The number of anilines is 1. The summed E-state index contributed by atoms with van der Waals surface area (Å²) in [5.74, 6) is 0.780. The van der Waals surface area contributed by atoms with E-state index in [0.717, 1.165) is 10.4 Å². The molecule has 0 aliphatic rings. The predicted octanol–water partition coefficient (Wildman–Crippen LogP) is 3.95. The Morgan fingerprint density at radius 2 is 2.04 bits per heavy atom. The van der Waals surface area contributed by atoms with Crippen molar-refractivity contribution in [3.63, 3.8) is 0 Å². The van der Waals surface area contributed by atoms with Gasteiger partial charge in [-0.25, -0.2) is 4.98 Å². The molecule has 0 spiro atoms. The Bertz CT molecular complexity index is 961. The van der Waals surface area contributed by atoms with Gasteiger partial charge < -0.3 is 15.1 Å². The van der Waals surface area contributed by atoms with Gasteiger partial charge in [-0.2, -0.15) is 0 Å². The van der Waals surface area contributed by atoms with Crippen LogP contribution in [0, 0.1) is 13.8 Å². The molecule has 0 saturated heterocycles. The second-order valence-corrected chi connectivity index (χ2v) is 7.06. The van der Waals surface area contributed by atoms with Crippen molar-refractivity contribution >= 4 is 28.8 Å². The number of aryl methyl sites for hydroxylation is 2. The van der Waals surface area contributed by atoms with Crippen LogP contribution in [0.5, 0.6) is 0 Å². The van der Waals surface area contributed by atoms with Gasteiger partial charge in [0, 0.05) is 17.8 Å². The summed E-state index contributed by atoms with van der Waals surface area (Å²) in [5.41, 5.74) is 2.61. The number of benzene rings is 1. The van der Waals surface area contributed by atoms with Gasteiger partial charge in [-0.15, -0.1) is 11.3 Å². The highest BCUT2D eigenvalue weighted by Gasteiger charge is 2.16. The fraction of sp³-hybridized carbons (Fsp3) is 0.250. The molecule has 0 bridgehead atoms. The molecule has 6 nitrogen and oxygen atoms in total. The maximum Gasteiger partial charge on any atom is 0.251 e. The zero-order valence-electron chi connectivity index (χ0n) is 15.5. The van der Waals surface area contributed by atoms with Gasteiger partial charge in [0.25, 0.3) is 5.91 Å². The van der Waals surface area contributed by atoms with E-state index >= 15 is 0 Å². The molecule has 7 heteroatoms. The number of thiophene rings is 1. The summed E-state index contributed by atoms with van der Waals surface area (Å²) in [4.78, 5) is 29.9. The minimum absolute atomic E-state index is 0.103. The number of hydrogen-bond donors (Lipinski definition) is 2. The van der Waals surface area contributed by atoms with E-state index in [1.165, 1.54) is 11.3 Å². The molecule has 3 rings (SSSR count). The van der Waals surface area contributed by atoms with Crippen molar-refractivity contribution < 1.29 is 14.0 Å². The molecule has 140 valence electrons. The van der Waals surface area contributed by atoms with Crippen LogP contribution in [0.15, 0.2) is 40.1 Å². The van der Waals surface area contributed by atoms with E-state index in [0.29, 0.717) is 35.1 Å². The molecular formula is C20H21N3O3S. The smallest absolute Gasteiger partial charge is 0.251 e. The Morgan fingerprint density at radius 3 is 2.74 bits per heavy atom. The highest BCUT2D eigenvalue weighted by molar-refractivity contribution is 7.13. The van der Waals surface area contributed by atoms with Crippen molar-refractivity contribution in [1.82, 2.24) is 10.3 Å². The number of nitrogens with one attached hydrogen (secondary N) is 2. The Labute approximate surface area is 161 Å². The molecule has 2 amide bonds. The number of carbonyl (C=O) groups is 2. The first-order valence-electron chi connectivity index (χ1n) is 8.66. The third-order valence-electron chi connectivity index (χ3n) is 4.06. The standard InChI is InChI=1S/C20H21N3O3S/c1-4-21-19(25)14-8-7-12(2)15(10-14)22-18(24)11-16-13(3)26-20(23-16)17-6-5-9-27-17/h5-10H,4,11H2,1-3H3,(H,21,25)(H,22,24). The highest BCUT2D eigenvalue weighted by atomic mass is 32.1. The van der Waals surface area contributed by atoms with Gasteiger partial charge in [-0.3, -0.25) is 9.59 Å². The van der Waals surface area contributed by atoms with Crippen LogP contribution in [-0.2, 0) is 11.2 Å². The van der Waals surface area contributed by atoms with Gasteiger partial charge in [0.1, 0.15) is 5.76 Å². The maximum absolute atomic E-state index is 12.5. The number of rotatable bonds is 6. The van der Waals surface area contributed by atoms with Crippen LogP contribution < -0.4 is 10.6 Å². The van der Waals surface area contributed by atoms with Gasteiger partial charge in [0.15, 0.2) is 0 Å². The molecule has 2 N–H and O–H groups in total. The zero-order chi connectivity index (χ0) is 19.4. The first-order chi connectivity index (χ1) is 13.0. The Hall–Kier alpha value is -2.93. The summed E-state index contributed by atoms with van der Waals surface area (Å²) in [5, 5.41) is 7.57. The van der Waals surface area contributed by atoms with Crippen LogP contribution in [0.25, 0.3) is 10.8 Å². The summed E-state index contributed by atoms with van der Waals surface area (Å²) in [6, 6.07) is 9.10. The lowest BCUT2D eigenvalue weighted by atomic mass is 10.1. The van der Waals surface area contributed by atoms with Crippen LogP contribution >= 0.6 is 11.3 Å². The van der Waals surface area contributed by atoms with Gasteiger partial charge in [0.2, 0.25) is 11.8 Å². The topological polar surface area (TPSA) is 84.2 Å². The third kappa shape index (κ3) is 4.43. The normalized spacial score (nSPS) is 10.6. The van der Waals surface area contributed by atoms with Gasteiger partial charge in [-0.05, 0) is 49.9 Å². The highest BCUT2D eigenvalue weighted by Crippen LogP contribution is 2.26. The molecule has 0 aliphatic carbocycles. The predicted molar refractivity (Wildman–Crippen MR) is 106 cm³/mol. The molecule has 2 heterocycles. The number of carbonyl (C=O) groups excluding carboxylic acids is 2. The Morgan fingerprint density at radius 1 is 1.22 bits per heavy atom. The van der Waals surface area contributed by atoms with Gasteiger partial charge >= 0.3 is 0 Å². The fourth-order valence-electron chi connectivity index (χ4n) is 2.60. The summed E-state index contributed by atoms with van der Waals surface area (Å²) in [6.07, 6.45) is 0.103. The molecule has 27 heavy (non-hydrogen) atoms. The van der Waals surface area contributed by atoms with E-state index in [9.17, 15) is 9.59 Å². The average Bonchev–Trinajstić information content (AvgIpc) is 3.27. The summed E-state index contributed by atoms with van der Waals surface area (Å²) in [7, 11) is 0. The quantitative estimate of drug-likeness (QED) is 0.675. The first-order valence-corrected chi connectivity index (χ1v) is 9.54. The van der Waals surface area contributed by atoms with Crippen molar-refractivity contribution in [1.29, 1.82) is 0 Å². The van der Waals surface area contributed by atoms with Gasteiger partial charge in [0.05, 0.1) is 17.0 Å². The largest absolute Gasteiger partial charge is 0.440 e. The molecule has 0 radical (unpaired) electrons. The zero-order valence-corrected chi connectivity index (χ0v) is 16.3. The summed E-state index contributed by atoms with van der Waals surface area (Å²) < 4.78 is 5.68. The van der Waals surface area contributed by atoms with Crippen molar-refractivity contribution in [3.8, 4) is 10.8 Å². The molecule has 1 aromatic carbocycles. The third-order valence-corrected chi connectivity index (χ3v) is 4.92. The van der Waals surface area contributed by atoms with Crippen LogP contribution in [0.1, 0.15) is 34.3 Å². The molecule has 3 aromatic rings. The number of hydrogen-bond acceptors (Lipinski definition) is 5. The van der Waals surface area contributed by atoms with E-state index in [2.05, 4.69) is 15.6 Å². The second-order valence-electron chi connectivity index (χ2n) is 6.11. The van der Waals surface area contributed by atoms with Crippen molar-refractivity contribution in [2.45, 2.75) is 27.2 Å². The van der Waals surface area contributed by atoms with Crippen molar-refractivity contribution in [2.75, 3.05) is 11.9 Å². The summed E-state index contributed by atoms with van der Waals surface area (Å²) in [6.45, 7) is 6.09. The maximum atomic E-state index is 12.5. The second kappa shape index (κ2) is 8.18. The minimum Gasteiger partial charge on any atom is -0.440 e. The SMILES string of the molecule is CCNC(=O)c1ccc(C)c(NC(=O)Cc2nc(-c3cccs3)oc2C)c1. The van der Waals surface area contributed by atoms with E-state index < -0.39 is 0 Å². The number of amides is 2. The Balaban J connectivity index is 1.73. The minimum atomic E-state index is -0.208. The van der Waals surface area contributed by atoms with E-state index in [4.69, 9.17) is 4.42 Å². The lowest BCUT2D eigenvalue weighted by Gasteiger charge is -2.10. The van der Waals surface area contributed by atoms with Gasteiger partial charge in [-0.1, -0.05) is 12.1 Å². The number of aromatic nitrogens is 1. The van der Waals surface area contributed by atoms with Crippen molar-refractivity contribution in [2.24, 2.45) is 0 Å². The number of nitrogens with zero attached hydrogens (tertiary/aromatic N) is 1. The van der Waals surface area contributed by atoms with Crippen LogP contribution in [0.2, 0.25) is 0 Å². The monoisotopic (exact) mass is 383 g/mol. The molecular weight excluding hydrogens is 362 g/mol. The fourth-order valence-corrected chi connectivity index (χ4v) is 3.25. The van der Waals surface area contributed by atoms with Crippen LogP contribution in [0.3, 0.4) is 0 Å². The Kier molecular flexibility index (Phi) is 5.71. The van der Waals surface area contributed by atoms with Crippen molar-refractivity contribution in [3.05, 3.63) is 58.3 Å². The van der Waals surface area contributed by atoms with Crippen LogP contribution in [0.4, 0.5) is 5.69 Å². The first kappa shape index (κ1) is 18.8. The van der Waals surface area contributed by atoms with E-state index in [-0.39, 0.29) is 18.2 Å². The molecule has 0 fully saturated rings. The average molecular weight is 383 g/mol.